The molecule has 0 fully saturated rings. The Kier molecular flexibility index (Phi) is 6.10. The quantitative estimate of drug-likeness (QED) is 0.645. The third-order valence-electron chi connectivity index (χ3n) is 2.41. The van der Waals surface area contributed by atoms with Crippen LogP contribution in [0.1, 0.15) is 53.4 Å². The van der Waals surface area contributed by atoms with E-state index in [0.717, 1.165) is 25.2 Å². The SMILES string of the molecule is C=CCCC(N)CC(C)CC(C)(C)C. The summed E-state index contributed by atoms with van der Waals surface area (Å²) >= 11 is 0. The maximum absolute atomic E-state index is 6.03. The second-order valence-electron chi connectivity index (χ2n) is 5.73. The maximum atomic E-state index is 6.03. The third-order valence-corrected chi connectivity index (χ3v) is 2.41. The second kappa shape index (κ2) is 6.23. The van der Waals surface area contributed by atoms with Gasteiger partial charge in [-0.2, -0.15) is 0 Å². The maximum Gasteiger partial charge on any atom is 0.00443 e. The van der Waals surface area contributed by atoms with Gasteiger partial charge in [0.1, 0.15) is 0 Å². The Morgan fingerprint density at radius 3 is 2.36 bits per heavy atom. The smallest absolute Gasteiger partial charge is 0.00443 e. The summed E-state index contributed by atoms with van der Waals surface area (Å²) in [7, 11) is 0. The van der Waals surface area contributed by atoms with Crippen molar-refractivity contribution in [3.05, 3.63) is 12.7 Å². The van der Waals surface area contributed by atoms with Crippen LogP contribution in [-0.2, 0) is 0 Å². The molecule has 2 N–H and O–H groups in total. The van der Waals surface area contributed by atoms with Crippen molar-refractivity contribution in [1.82, 2.24) is 0 Å². The van der Waals surface area contributed by atoms with Crippen molar-refractivity contribution in [2.75, 3.05) is 0 Å². The van der Waals surface area contributed by atoms with Gasteiger partial charge in [0.25, 0.3) is 0 Å². The molecule has 0 aromatic carbocycles. The third kappa shape index (κ3) is 8.31. The number of hydrogen-bond acceptors (Lipinski definition) is 1. The first-order valence-electron chi connectivity index (χ1n) is 5.71. The number of allylic oxidation sites excluding steroid dienone is 1. The normalized spacial score (nSPS) is 16.4. The topological polar surface area (TPSA) is 26.0 Å². The summed E-state index contributed by atoms with van der Waals surface area (Å²) in [6.45, 7) is 12.9. The van der Waals surface area contributed by atoms with E-state index in [1.54, 1.807) is 0 Å². The van der Waals surface area contributed by atoms with E-state index in [-0.39, 0.29) is 0 Å². The highest BCUT2D eigenvalue weighted by Crippen LogP contribution is 2.26. The summed E-state index contributed by atoms with van der Waals surface area (Å²) < 4.78 is 0. The number of rotatable bonds is 6. The van der Waals surface area contributed by atoms with Gasteiger partial charge >= 0.3 is 0 Å². The van der Waals surface area contributed by atoms with Crippen LogP contribution in [0.4, 0.5) is 0 Å². The fraction of sp³-hybridized carbons (Fsp3) is 0.846. The molecule has 1 heteroatoms. The molecular formula is C13H27N. The minimum Gasteiger partial charge on any atom is -0.328 e. The van der Waals surface area contributed by atoms with E-state index >= 15 is 0 Å². The molecule has 1 nitrogen and oxygen atoms in total. The summed E-state index contributed by atoms with van der Waals surface area (Å²) in [5, 5.41) is 0. The molecule has 0 aliphatic carbocycles. The lowest BCUT2D eigenvalue weighted by molar-refractivity contribution is 0.283. The molecule has 0 heterocycles. The lowest BCUT2D eigenvalue weighted by Crippen LogP contribution is -2.24. The van der Waals surface area contributed by atoms with Gasteiger partial charge in [0.2, 0.25) is 0 Å². The van der Waals surface area contributed by atoms with Gasteiger partial charge in [-0.1, -0.05) is 33.8 Å². The molecule has 0 aromatic rings. The van der Waals surface area contributed by atoms with Crippen molar-refractivity contribution in [2.45, 2.75) is 59.4 Å². The molecule has 0 aliphatic rings. The van der Waals surface area contributed by atoms with Crippen LogP contribution in [0.15, 0.2) is 12.7 Å². The van der Waals surface area contributed by atoms with E-state index in [0.29, 0.717) is 11.5 Å². The second-order valence-corrected chi connectivity index (χ2v) is 5.73. The Morgan fingerprint density at radius 1 is 1.36 bits per heavy atom. The van der Waals surface area contributed by atoms with Gasteiger partial charge in [-0.25, -0.2) is 0 Å². The molecule has 0 bridgehead atoms. The Labute approximate surface area is 89.8 Å². The largest absolute Gasteiger partial charge is 0.328 e. The number of nitrogens with two attached hydrogens (primary N) is 1. The standard InChI is InChI=1S/C13H27N/c1-6-7-8-12(14)9-11(2)10-13(3,4)5/h6,11-12H,1,7-10,14H2,2-5H3. The Morgan fingerprint density at radius 2 is 1.93 bits per heavy atom. The van der Waals surface area contributed by atoms with Gasteiger partial charge in [-0.15, -0.1) is 6.58 Å². The molecule has 0 radical (unpaired) electrons. The van der Waals surface area contributed by atoms with Gasteiger partial charge in [0, 0.05) is 6.04 Å². The van der Waals surface area contributed by atoms with Crippen LogP contribution in [0.3, 0.4) is 0 Å². The predicted octanol–water partition coefficient (Wildman–Crippen LogP) is 3.74. The zero-order chi connectivity index (χ0) is 11.2. The molecule has 84 valence electrons. The van der Waals surface area contributed by atoms with Gasteiger partial charge in [-0.05, 0) is 37.0 Å². The summed E-state index contributed by atoms with van der Waals surface area (Å²) in [5.41, 5.74) is 6.46. The molecule has 0 aliphatic heterocycles. The highest BCUT2D eigenvalue weighted by atomic mass is 14.6. The molecule has 0 saturated heterocycles. The highest BCUT2D eigenvalue weighted by Gasteiger charge is 2.16. The zero-order valence-electron chi connectivity index (χ0n) is 10.3. The molecular weight excluding hydrogens is 170 g/mol. The van der Waals surface area contributed by atoms with Crippen molar-refractivity contribution >= 4 is 0 Å². The Balaban J connectivity index is 3.70. The molecule has 2 unspecified atom stereocenters. The summed E-state index contributed by atoms with van der Waals surface area (Å²) in [6, 6.07) is 0.352. The van der Waals surface area contributed by atoms with E-state index in [9.17, 15) is 0 Å². The van der Waals surface area contributed by atoms with E-state index < -0.39 is 0 Å². The molecule has 0 amide bonds. The van der Waals surface area contributed by atoms with E-state index in [1.165, 1.54) is 6.42 Å². The van der Waals surface area contributed by atoms with E-state index in [2.05, 4.69) is 34.3 Å². The molecule has 0 aromatic heterocycles. The van der Waals surface area contributed by atoms with Crippen molar-refractivity contribution < 1.29 is 0 Å². The van der Waals surface area contributed by atoms with Crippen LogP contribution >= 0.6 is 0 Å². The Hall–Kier alpha value is -0.300. The van der Waals surface area contributed by atoms with Crippen LogP contribution in [0.5, 0.6) is 0 Å². The molecule has 2 atom stereocenters. The first-order valence-corrected chi connectivity index (χ1v) is 5.71. The molecule has 0 spiro atoms. The van der Waals surface area contributed by atoms with Crippen LogP contribution in [0, 0.1) is 11.3 Å². The highest BCUT2D eigenvalue weighted by molar-refractivity contribution is 4.75. The first-order chi connectivity index (χ1) is 6.35. The lowest BCUT2D eigenvalue weighted by atomic mass is 9.82. The minimum atomic E-state index is 0.352. The van der Waals surface area contributed by atoms with Crippen molar-refractivity contribution in [2.24, 2.45) is 17.1 Å². The predicted molar refractivity (Wildman–Crippen MR) is 65.3 cm³/mol. The monoisotopic (exact) mass is 197 g/mol. The summed E-state index contributed by atoms with van der Waals surface area (Å²) in [6.07, 6.45) is 6.48. The summed E-state index contributed by atoms with van der Waals surface area (Å²) in [5.74, 6) is 0.731. The van der Waals surface area contributed by atoms with Gasteiger partial charge < -0.3 is 5.73 Å². The van der Waals surface area contributed by atoms with E-state index in [4.69, 9.17) is 5.73 Å². The van der Waals surface area contributed by atoms with Crippen LogP contribution in [-0.4, -0.2) is 6.04 Å². The lowest BCUT2D eigenvalue weighted by Gasteiger charge is -2.25. The van der Waals surface area contributed by atoms with E-state index in [1.807, 2.05) is 6.08 Å². The summed E-state index contributed by atoms with van der Waals surface area (Å²) in [4.78, 5) is 0. The van der Waals surface area contributed by atoms with Crippen LogP contribution in [0.25, 0.3) is 0 Å². The molecule has 0 rings (SSSR count). The van der Waals surface area contributed by atoms with Crippen molar-refractivity contribution in [1.29, 1.82) is 0 Å². The molecule has 14 heavy (non-hydrogen) atoms. The first kappa shape index (κ1) is 13.7. The average molecular weight is 197 g/mol. The van der Waals surface area contributed by atoms with Gasteiger partial charge in [-0.3, -0.25) is 0 Å². The van der Waals surface area contributed by atoms with Crippen molar-refractivity contribution in [3.8, 4) is 0 Å². The fourth-order valence-corrected chi connectivity index (χ4v) is 2.10. The van der Waals surface area contributed by atoms with Crippen LogP contribution < -0.4 is 5.73 Å². The Bertz CT molecular complexity index is 155. The van der Waals surface area contributed by atoms with Gasteiger partial charge in [0.15, 0.2) is 0 Å². The van der Waals surface area contributed by atoms with Gasteiger partial charge in [0.05, 0.1) is 0 Å². The van der Waals surface area contributed by atoms with Crippen molar-refractivity contribution in [3.63, 3.8) is 0 Å². The number of hydrogen-bond donors (Lipinski definition) is 1. The minimum absolute atomic E-state index is 0.352. The van der Waals surface area contributed by atoms with Crippen LogP contribution in [0.2, 0.25) is 0 Å². The molecule has 0 saturated carbocycles. The fourth-order valence-electron chi connectivity index (χ4n) is 2.10. The average Bonchev–Trinajstić information content (AvgIpc) is 1.96. The zero-order valence-corrected chi connectivity index (χ0v) is 10.3.